The van der Waals surface area contributed by atoms with Crippen LogP contribution in [0.1, 0.15) is 37.0 Å². The molecule has 4 aromatic rings. The van der Waals surface area contributed by atoms with E-state index in [1.54, 1.807) is 41.3 Å². The fourth-order valence-corrected chi connectivity index (χ4v) is 5.02. The summed E-state index contributed by atoms with van der Waals surface area (Å²) < 4.78 is 31.4. The number of fused-ring (bicyclic) bond motifs is 1. The molecule has 1 aliphatic rings. The Hall–Kier alpha value is -4.06. The van der Waals surface area contributed by atoms with Crippen LogP contribution < -0.4 is 10.1 Å². The van der Waals surface area contributed by atoms with Crippen molar-refractivity contribution in [2.75, 3.05) is 31.2 Å². The minimum absolute atomic E-state index is 0.0380. The summed E-state index contributed by atoms with van der Waals surface area (Å²) in [6, 6.07) is 10.1. The Balaban J connectivity index is 1.22. The summed E-state index contributed by atoms with van der Waals surface area (Å²) in [4.78, 5) is 28.1. The fourth-order valence-electron chi connectivity index (χ4n) is 4.39. The van der Waals surface area contributed by atoms with Crippen LogP contribution >= 0.6 is 0 Å². The Morgan fingerprint density at radius 2 is 1.79 bits per heavy atom. The normalized spacial score (nSPS) is 14.6. The monoisotopic (exact) mass is 549 g/mol. The van der Waals surface area contributed by atoms with E-state index in [4.69, 9.17) is 4.74 Å². The van der Waals surface area contributed by atoms with Gasteiger partial charge in [0.15, 0.2) is 15.5 Å². The standard InChI is InChI=1S/C27H31N7O4S/c1-18(2)14-28-24-9-4-19(15-29-24)27(35)33-12-10-21(11-13-33)38-26-23-16-32-34(25(23)30-17-31-26)20-5-7-22(8-6-20)39(3,36)37/h4-9,15-18,21H,10-14H2,1-3H3,(H,28,29). The van der Waals surface area contributed by atoms with Gasteiger partial charge in [-0.3, -0.25) is 4.79 Å². The molecule has 0 radical (unpaired) electrons. The minimum atomic E-state index is -3.29. The third-order valence-corrected chi connectivity index (χ3v) is 7.68. The molecule has 39 heavy (non-hydrogen) atoms. The highest BCUT2D eigenvalue weighted by molar-refractivity contribution is 7.90. The number of sulfone groups is 1. The van der Waals surface area contributed by atoms with Gasteiger partial charge >= 0.3 is 0 Å². The second-order valence-corrected chi connectivity index (χ2v) is 12.1. The van der Waals surface area contributed by atoms with E-state index in [0.717, 1.165) is 12.4 Å². The number of likely N-dealkylation sites (tertiary alicyclic amines) is 1. The molecule has 1 aromatic carbocycles. The molecule has 1 aliphatic heterocycles. The van der Waals surface area contributed by atoms with Gasteiger partial charge in [-0.2, -0.15) is 5.10 Å². The molecule has 11 nitrogen and oxygen atoms in total. The van der Waals surface area contributed by atoms with Crippen molar-refractivity contribution >= 4 is 32.6 Å². The first-order chi connectivity index (χ1) is 18.7. The number of carbonyl (C=O) groups is 1. The quantitative estimate of drug-likeness (QED) is 0.351. The van der Waals surface area contributed by atoms with Crippen molar-refractivity contribution in [3.05, 3.63) is 60.7 Å². The molecule has 204 valence electrons. The highest BCUT2D eigenvalue weighted by atomic mass is 32.2. The predicted octanol–water partition coefficient (Wildman–Crippen LogP) is 3.37. The highest BCUT2D eigenvalue weighted by Gasteiger charge is 2.26. The Morgan fingerprint density at radius 1 is 1.05 bits per heavy atom. The van der Waals surface area contributed by atoms with Crippen molar-refractivity contribution in [3.63, 3.8) is 0 Å². The third kappa shape index (κ3) is 6.00. The van der Waals surface area contributed by atoms with Crippen LogP contribution in [0.15, 0.2) is 60.0 Å². The summed E-state index contributed by atoms with van der Waals surface area (Å²) in [5.74, 6) is 1.66. The molecule has 0 spiro atoms. The molecule has 4 heterocycles. The van der Waals surface area contributed by atoms with Crippen molar-refractivity contribution in [1.29, 1.82) is 0 Å². The van der Waals surface area contributed by atoms with Gasteiger partial charge in [0, 0.05) is 44.9 Å². The van der Waals surface area contributed by atoms with Crippen molar-refractivity contribution < 1.29 is 17.9 Å². The zero-order valence-electron chi connectivity index (χ0n) is 22.1. The summed E-state index contributed by atoms with van der Waals surface area (Å²) in [5.41, 5.74) is 1.80. The van der Waals surface area contributed by atoms with Crippen molar-refractivity contribution in [2.45, 2.75) is 37.7 Å². The van der Waals surface area contributed by atoms with Crippen LogP contribution in [0.4, 0.5) is 5.82 Å². The number of carbonyl (C=O) groups excluding carboxylic acids is 1. The van der Waals surface area contributed by atoms with Gasteiger partial charge in [0.1, 0.15) is 23.6 Å². The molecule has 0 saturated carbocycles. The van der Waals surface area contributed by atoms with Gasteiger partial charge in [0.25, 0.3) is 5.91 Å². The van der Waals surface area contributed by atoms with Crippen LogP contribution in [0.5, 0.6) is 5.88 Å². The Morgan fingerprint density at radius 3 is 2.44 bits per heavy atom. The van der Waals surface area contributed by atoms with Crippen molar-refractivity contribution in [2.24, 2.45) is 5.92 Å². The second kappa shape index (κ2) is 11.0. The van der Waals surface area contributed by atoms with E-state index < -0.39 is 9.84 Å². The van der Waals surface area contributed by atoms with Gasteiger partial charge in [0.05, 0.1) is 22.3 Å². The van der Waals surface area contributed by atoms with Gasteiger partial charge < -0.3 is 15.0 Å². The van der Waals surface area contributed by atoms with E-state index in [2.05, 4.69) is 39.2 Å². The summed E-state index contributed by atoms with van der Waals surface area (Å²) in [7, 11) is -3.29. The molecule has 1 amide bonds. The van der Waals surface area contributed by atoms with Gasteiger partial charge in [-0.15, -0.1) is 0 Å². The van der Waals surface area contributed by atoms with Crippen LogP contribution in [0.25, 0.3) is 16.7 Å². The van der Waals surface area contributed by atoms with Gasteiger partial charge in [-0.05, 0) is 42.3 Å². The summed E-state index contributed by atoms with van der Waals surface area (Å²) in [5, 5.41) is 8.34. The van der Waals surface area contributed by atoms with E-state index in [1.165, 1.54) is 12.6 Å². The highest BCUT2D eigenvalue weighted by Crippen LogP contribution is 2.27. The number of hydrogen-bond donors (Lipinski definition) is 1. The van der Waals surface area contributed by atoms with E-state index in [1.807, 2.05) is 17.0 Å². The largest absolute Gasteiger partial charge is 0.474 e. The zero-order chi connectivity index (χ0) is 27.6. The SMILES string of the molecule is CC(C)CNc1ccc(C(=O)N2CCC(Oc3ncnc4c3cnn4-c3ccc(S(C)(=O)=O)cc3)CC2)cn1. The molecule has 0 aliphatic carbocycles. The van der Waals surface area contributed by atoms with Crippen LogP contribution in [0.2, 0.25) is 0 Å². The number of amides is 1. The molecule has 1 fully saturated rings. The number of anilines is 1. The number of nitrogens with one attached hydrogen (secondary N) is 1. The zero-order valence-corrected chi connectivity index (χ0v) is 22.9. The molecule has 0 bridgehead atoms. The molecule has 1 N–H and O–H groups in total. The summed E-state index contributed by atoms with van der Waals surface area (Å²) in [6.45, 7) is 6.21. The number of aromatic nitrogens is 5. The first-order valence-corrected chi connectivity index (χ1v) is 14.7. The number of rotatable bonds is 8. The fraction of sp³-hybridized carbons (Fsp3) is 0.370. The topological polar surface area (TPSA) is 132 Å². The number of nitrogens with zero attached hydrogens (tertiary/aromatic N) is 6. The molecule has 12 heteroatoms. The first kappa shape index (κ1) is 26.5. The summed E-state index contributed by atoms with van der Waals surface area (Å²) in [6.07, 6.45) is 7.08. The lowest BCUT2D eigenvalue weighted by molar-refractivity contribution is 0.0590. The molecule has 5 rings (SSSR count). The first-order valence-electron chi connectivity index (χ1n) is 12.8. The molecular weight excluding hydrogens is 518 g/mol. The van der Waals surface area contributed by atoms with Crippen molar-refractivity contribution in [1.82, 2.24) is 29.6 Å². The lowest BCUT2D eigenvalue weighted by atomic mass is 10.1. The van der Waals surface area contributed by atoms with Crippen molar-refractivity contribution in [3.8, 4) is 11.6 Å². The molecular formula is C27H31N7O4S. The van der Waals surface area contributed by atoms with Crippen LogP contribution in [0.3, 0.4) is 0 Å². The van der Waals surface area contributed by atoms with E-state index in [-0.39, 0.29) is 16.9 Å². The number of piperidine rings is 1. The van der Waals surface area contributed by atoms with Crippen LogP contribution in [0, 0.1) is 5.92 Å². The number of benzene rings is 1. The molecule has 0 unspecified atom stereocenters. The predicted molar refractivity (Wildman–Crippen MR) is 147 cm³/mol. The minimum Gasteiger partial charge on any atom is -0.474 e. The number of hydrogen-bond acceptors (Lipinski definition) is 9. The molecule has 1 saturated heterocycles. The lowest BCUT2D eigenvalue weighted by Crippen LogP contribution is -2.41. The van der Waals surface area contributed by atoms with E-state index >= 15 is 0 Å². The maximum Gasteiger partial charge on any atom is 0.255 e. The number of ether oxygens (including phenoxy) is 1. The smallest absolute Gasteiger partial charge is 0.255 e. The van der Waals surface area contributed by atoms with Gasteiger partial charge in [0.2, 0.25) is 5.88 Å². The average molecular weight is 550 g/mol. The summed E-state index contributed by atoms with van der Waals surface area (Å²) >= 11 is 0. The van der Waals surface area contributed by atoms with Crippen LogP contribution in [-0.2, 0) is 9.84 Å². The van der Waals surface area contributed by atoms with E-state index in [0.29, 0.717) is 60.0 Å². The lowest BCUT2D eigenvalue weighted by Gasteiger charge is -2.32. The average Bonchev–Trinajstić information content (AvgIpc) is 3.37. The Kier molecular flexibility index (Phi) is 7.47. The maximum absolute atomic E-state index is 13.0. The maximum atomic E-state index is 13.0. The molecule has 3 aromatic heterocycles. The number of pyridine rings is 1. The Labute approximate surface area is 227 Å². The van der Waals surface area contributed by atoms with Crippen LogP contribution in [-0.4, -0.2) is 76.0 Å². The van der Waals surface area contributed by atoms with Gasteiger partial charge in [-0.1, -0.05) is 13.8 Å². The molecule has 0 atom stereocenters. The van der Waals surface area contributed by atoms with Gasteiger partial charge in [-0.25, -0.2) is 28.1 Å². The second-order valence-electron chi connectivity index (χ2n) is 10.1. The Bertz CT molecular complexity index is 1560. The van der Waals surface area contributed by atoms with E-state index in [9.17, 15) is 13.2 Å². The third-order valence-electron chi connectivity index (χ3n) is 6.55.